The largest absolute Gasteiger partial charge is 0.322 e. The van der Waals surface area contributed by atoms with Crippen molar-refractivity contribution in [2.75, 3.05) is 13.1 Å². The van der Waals surface area contributed by atoms with Crippen LogP contribution in [0.25, 0.3) is 0 Å². The summed E-state index contributed by atoms with van der Waals surface area (Å²) in [7, 11) is 0. The van der Waals surface area contributed by atoms with Crippen molar-refractivity contribution < 1.29 is 14.4 Å². The van der Waals surface area contributed by atoms with Crippen LogP contribution in [-0.4, -0.2) is 41.8 Å². The van der Waals surface area contributed by atoms with Gasteiger partial charge in [0.1, 0.15) is 6.04 Å². The zero-order valence-corrected chi connectivity index (χ0v) is 12.9. The van der Waals surface area contributed by atoms with Crippen LogP contribution in [0.4, 0.5) is 0 Å². The topological polar surface area (TPSA) is 78.5 Å². The van der Waals surface area contributed by atoms with Crippen LogP contribution in [0, 0.1) is 0 Å². The molecule has 4 rings (SSSR count). The van der Waals surface area contributed by atoms with E-state index in [1.165, 1.54) is 11.1 Å². The summed E-state index contributed by atoms with van der Waals surface area (Å²) in [6, 6.07) is 3.60. The summed E-state index contributed by atoms with van der Waals surface area (Å²) in [4.78, 5) is 37.7. The molecule has 1 atom stereocenters. The van der Waals surface area contributed by atoms with Crippen molar-refractivity contribution in [1.29, 1.82) is 0 Å². The summed E-state index contributed by atoms with van der Waals surface area (Å²) in [6.07, 6.45) is 2.59. The predicted octanol–water partition coefficient (Wildman–Crippen LogP) is 0.136. The van der Waals surface area contributed by atoms with Gasteiger partial charge in [-0.05, 0) is 55.1 Å². The molecular weight excluding hydrogens is 294 g/mol. The second kappa shape index (κ2) is 5.45. The van der Waals surface area contributed by atoms with Gasteiger partial charge >= 0.3 is 0 Å². The Kier molecular flexibility index (Phi) is 3.41. The van der Waals surface area contributed by atoms with Crippen LogP contribution in [-0.2, 0) is 29.0 Å². The maximum Gasteiger partial charge on any atom is 0.255 e. The third-order valence-electron chi connectivity index (χ3n) is 4.99. The first-order chi connectivity index (χ1) is 11.1. The minimum atomic E-state index is -0.533. The van der Waals surface area contributed by atoms with Crippen LogP contribution in [0.2, 0.25) is 0 Å². The minimum Gasteiger partial charge on any atom is -0.322 e. The van der Waals surface area contributed by atoms with Gasteiger partial charge in [-0.25, -0.2) is 0 Å². The highest BCUT2D eigenvalue weighted by atomic mass is 16.2. The third-order valence-corrected chi connectivity index (χ3v) is 4.99. The Morgan fingerprint density at radius 1 is 0.957 bits per heavy atom. The Morgan fingerprint density at radius 3 is 2.43 bits per heavy atom. The highest BCUT2D eigenvalue weighted by molar-refractivity contribution is 6.05. The van der Waals surface area contributed by atoms with Crippen LogP contribution in [0.15, 0.2) is 12.1 Å². The first-order valence-corrected chi connectivity index (χ1v) is 8.13. The quantitative estimate of drug-likeness (QED) is 0.723. The first-order valence-electron chi connectivity index (χ1n) is 8.13. The van der Waals surface area contributed by atoms with Crippen molar-refractivity contribution in [3.63, 3.8) is 0 Å². The van der Waals surface area contributed by atoms with Gasteiger partial charge < -0.3 is 10.2 Å². The average molecular weight is 313 g/mol. The fraction of sp³-hybridized carbons (Fsp3) is 0.471. The minimum absolute atomic E-state index is 0.0884. The monoisotopic (exact) mass is 313 g/mol. The lowest BCUT2D eigenvalue weighted by Crippen LogP contribution is -2.52. The van der Waals surface area contributed by atoms with Crippen molar-refractivity contribution in [2.24, 2.45) is 0 Å². The highest BCUT2D eigenvalue weighted by Gasteiger charge is 2.39. The number of carbonyl (C=O) groups is 3. The second-order valence-electron chi connectivity index (χ2n) is 6.43. The van der Waals surface area contributed by atoms with Gasteiger partial charge in [-0.1, -0.05) is 6.07 Å². The van der Waals surface area contributed by atoms with E-state index < -0.39 is 6.04 Å². The van der Waals surface area contributed by atoms with Gasteiger partial charge in [0.25, 0.3) is 5.91 Å². The number of benzene rings is 1. The molecule has 0 saturated carbocycles. The highest BCUT2D eigenvalue weighted by Crippen LogP contribution is 2.30. The van der Waals surface area contributed by atoms with Gasteiger partial charge in [0, 0.05) is 18.5 Å². The maximum atomic E-state index is 12.7. The average Bonchev–Trinajstić information content (AvgIpc) is 2.71. The van der Waals surface area contributed by atoms with E-state index in [1.807, 2.05) is 6.07 Å². The smallest absolute Gasteiger partial charge is 0.255 e. The molecule has 3 amide bonds. The molecule has 1 saturated heterocycles. The molecule has 0 aliphatic carbocycles. The fourth-order valence-corrected chi connectivity index (χ4v) is 3.75. The van der Waals surface area contributed by atoms with Crippen molar-refractivity contribution in [1.82, 2.24) is 15.5 Å². The van der Waals surface area contributed by atoms with Crippen LogP contribution >= 0.6 is 0 Å². The van der Waals surface area contributed by atoms with Crippen molar-refractivity contribution in [3.05, 3.63) is 34.4 Å². The van der Waals surface area contributed by atoms with E-state index in [1.54, 1.807) is 4.90 Å². The first kappa shape index (κ1) is 14.4. The molecule has 3 aliphatic heterocycles. The molecular formula is C17H19N3O3. The number of hydrogen-bond donors (Lipinski definition) is 2. The number of carbonyl (C=O) groups excluding carboxylic acids is 3. The number of nitrogens with one attached hydrogen (secondary N) is 2. The van der Waals surface area contributed by atoms with Gasteiger partial charge in [-0.2, -0.15) is 0 Å². The van der Waals surface area contributed by atoms with E-state index >= 15 is 0 Å². The molecule has 6 heteroatoms. The lowest BCUT2D eigenvalue weighted by Gasteiger charge is -2.29. The van der Waals surface area contributed by atoms with E-state index in [9.17, 15) is 14.4 Å². The van der Waals surface area contributed by atoms with Gasteiger partial charge in [0.15, 0.2) is 0 Å². The Balaban J connectivity index is 1.63. The molecule has 0 bridgehead atoms. The number of fused-ring (bicyclic) bond motifs is 2. The van der Waals surface area contributed by atoms with E-state index in [4.69, 9.17) is 0 Å². The summed E-state index contributed by atoms with van der Waals surface area (Å²) in [5, 5.41) is 5.71. The summed E-state index contributed by atoms with van der Waals surface area (Å²) in [6.45, 7) is 2.34. The summed E-state index contributed by atoms with van der Waals surface area (Å²) < 4.78 is 0. The molecule has 6 nitrogen and oxygen atoms in total. The lowest BCUT2D eigenvalue weighted by atomic mass is 9.97. The van der Waals surface area contributed by atoms with E-state index in [2.05, 4.69) is 16.7 Å². The summed E-state index contributed by atoms with van der Waals surface area (Å²) in [5.74, 6) is -0.697. The molecule has 1 aromatic rings. The Bertz CT molecular complexity index is 713. The SMILES string of the molecule is O=C1CC[C@@H](N2Cc3cc4c(cc3C2=O)CCNCC4)C(=O)N1. The number of imide groups is 1. The van der Waals surface area contributed by atoms with Gasteiger partial charge in [0.2, 0.25) is 11.8 Å². The molecule has 0 radical (unpaired) electrons. The molecule has 0 aromatic heterocycles. The molecule has 1 fully saturated rings. The maximum absolute atomic E-state index is 12.7. The number of piperidine rings is 1. The summed E-state index contributed by atoms with van der Waals surface area (Å²) >= 11 is 0. The molecule has 0 spiro atoms. The zero-order valence-electron chi connectivity index (χ0n) is 12.9. The van der Waals surface area contributed by atoms with Crippen molar-refractivity contribution in [3.8, 4) is 0 Å². The molecule has 0 unspecified atom stereocenters. The third kappa shape index (κ3) is 2.43. The Hall–Kier alpha value is -2.21. The van der Waals surface area contributed by atoms with Crippen molar-refractivity contribution in [2.45, 2.75) is 38.3 Å². The van der Waals surface area contributed by atoms with Gasteiger partial charge in [-0.15, -0.1) is 0 Å². The standard InChI is InChI=1S/C17H19N3O3/c21-15-2-1-14(16(22)19-15)20-9-12-7-10-3-5-18-6-4-11(10)8-13(12)17(20)23/h7-8,14,18H,1-6,9H2,(H,19,21,22)/t14-/m1/s1. The van der Waals surface area contributed by atoms with E-state index in [-0.39, 0.29) is 17.7 Å². The zero-order chi connectivity index (χ0) is 16.0. The summed E-state index contributed by atoms with van der Waals surface area (Å²) in [5.41, 5.74) is 4.24. The van der Waals surface area contributed by atoms with Crippen LogP contribution < -0.4 is 10.6 Å². The van der Waals surface area contributed by atoms with Crippen molar-refractivity contribution >= 4 is 17.7 Å². The van der Waals surface area contributed by atoms with E-state index in [0.29, 0.717) is 19.4 Å². The molecule has 1 aromatic carbocycles. The molecule has 2 N–H and O–H groups in total. The Labute approximate surface area is 134 Å². The van der Waals surface area contributed by atoms with Crippen LogP contribution in [0.5, 0.6) is 0 Å². The van der Waals surface area contributed by atoms with Crippen LogP contribution in [0.3, 0.4) is 0 Å². The van der Waals surface area contributed by atoms with Gasteiger partial charge in [-0.3, -0.25) is 19.7 Å². The number of rotatable bonds is 1. The molecule has 23 heavy (non-hydrogen) atoms. The number of amides is 3. The fourth-order valence-electron chi connectivity index (χ4n) is 3.75. The molecule has 3 heterocycles. The van der Waals surface area contributed by atoms with E-state index in [0.717, 1.165) is 37.1 Å². The Morgan fingerprint density at radius 2 is 1.70 bits per heavy atom. The second-order valence-corrected chi connectivity index (χ2v) is 6.43. The van der Waals surface area contributed by atoms with Crippen LogP contribution in [0.1, 0.15) is 39.9 Å². The number of nitrogens with zero attached hydrogens (tertiary/aromatic N) is 1. The predicted molar refractivity (Wildman–Crippen MR) is 82.8 cm³/mol. The normalized spacial score (nSPS) is 24.1. The lowest BCUT2D eigenvalue weighted by molar-refractivity contribution is -0.136. The molecule has 120 valence electrons. The number of hydrogen-bond acceptors (Lipinski definition) is 4. The molecule has 3 aliphatic rings. The van der Waals surface area contributed by atoms with Gasteiger partial charge in [0.05, 0.1) is 0 Å².